The van der Waals surface area contributed by atoms with Crippen LogP contribution < -0.4 is 0 Å². The zero-order valence-electron chi connectivity index (χ0n) is 9.96. The zero-order chi connectivity index (χ0) is 13.1. The van der Waals surface area contributed by atoms with E-state index < -0.39 is 0 Å². The number of halogens is 3. The molecule has 0 fully saturated rings. The molecule has 94 valence electrons. The van der Waals surface area contributed by atoms with Gasteiger partial charge >= 0.3 is 0 Å². The first-order valence-corrected chi connectivity index (χ1v) is 7.60. The van der Waals surface area contributed by atoms with Crippen LogP contribution in [0.4, 0.5) is 0 Å². The molecule has 0 N–H and O–H groups in total. The van der Waals surface area contributed by atoms with Gasteiger partial charge in [-0.2, -0.15) is 0 Å². The van der Waals surface area contributed by atoms with Gasteiger partial charge in [-0.3, -0.25) is 0 Å². The fourth-order valence-corrected chi connectivity index (χ4v) is 3.35. The van der Waals surface area contributed by atoms with Crippen LogP contribution in [0.2, 0.25) is 5.02 Å². The minimum absolute atomic E-state index is 0.0441. The molecule has 18 heavy (non-hydrogen) atoms. The molecular formula is C15H13Cl2I. The number of benzene rings is 2. The highest BCUT2D eigenvalue weighted by Gasteiger charge is 2.13. The molecule has 1 atom stereocenters. The molecule has 0 heterocycles. The van der Waals surface area contributed by atoms with Gasteiger partial charge in [0.2, 0.25) is 0 Å². The van der Waals surface area contributed by atoms with E-state index in [1.165, 1.54) is 11.1 Å². The van der Waals surface area contributed by atoms with E-state index in [1.54, 1.807) is 0 Å². The highest BCUT2D eigenvalue weighted by atomic mass is 127. The van der Waals surface area contributed by atoms with Gasteiger partial charge in [-0.25, -0.2) is 0 Å². The first-order chi connectivity index (χ1) is 8.56. The number of hydrogen-bond acceptors (Lipinski definition) is 0. The molecule has 0 spiro atoms. The van der Waals surface area contributed by atoms with E-state index in [0.29, 0.717) is 0 Å². The molecule has 0 aliphatic heterocycles. The molecule has 0 amide bonds. The molecular weight excluding hydrogens is 378 g/mol. The molecule has 0 aliphatic rings. The third-order valence-corrected chi connectivity index (χ3v) is 4.40. The third kappa shape index (κ3) is 3.62. The summed E-state index contributed by atoms with van der Waals surface area (Å²) in [6, 6.07) is 14.3. The standard InChI is InChI=1S/C15H13Cl2I/c1-10-3-2-4-11(7-10)8-14(17)13-9-12(16)5-6-15(13)18/h2-7,9,14H,8H2,1H3. The van der Waals surface area contributed by atoms with Crippen LogP contribution in [0.5, 0.6) is 0 Å². The summed E-state index contributed by atoms with van der Waals surface area (Å²) in [7, 11) is 0. The van der Waals surface area contributed by atoms with Crippen molar-refractivity contribution in [3.8, 4) is 0 Å². The number of aryl methyl sites for hydroxylation is 1. The van der Waals surface area contributed by atoms with Crippen molar-refractivity contribution in [2.45, 2.75) is 18.7 Å². The van der Waals surface area contributed by atoms with Crippen LogP contribution in [0.15, 0.2) is 42.5 Å². The maximum absolute atomic E-state index is 6.51. The summed E-state index contributed by atoms with van der Waals surface area (Å²) in [6.45, 7) is 2.09. The molecule has 1 unspecified atom stereocenters. The van der Waals surface area contributed by atoms with Crippen LogP contribution >= 0.6 is 45.8 Å². The van der Waals surface area contributed by atoms with E-state index in [9.17, 15) is 0 Å². The van der Waals surface area contributed by atoms with Crippen molar-refractivity contribution in [3.05, 3.63) is 67.7 Å². The third-order valence-electron chi connectivity index (χ3n) is 2.79. The molecule has 0 nitrogen and oxygen atoms in total. The largest absolute Gasteiger partial charge is 0.117 e. The zero-order valence-corrected chi connectivity index (χ0v) is 13.6. The van der Waals surface area contributed by atoms with Gasteiger partial charge in [0, 0.05) is 8.59 Å². The monoisotopic (exact) mass is 390 g/mol. The molecule has 0 saturated carbocycles. The molecule has 0 aliphatic carbocycles. The van der Waals surface area contributed by atoms with Crippen LogP contribution in [-0.4, -0.2) is 0 Å². The van der Waals surface area contributed by atoms with Gasteiger partial charge in [0.15, 0.2) is 0 Å². The Morgan fingerprint density at radius 1 is 1.17 bits per heavy atom. The molecule has 2 aromatic rings. The second kappa shape index (κ2) is 6.27. The fourth-order valence-electron chi connectivity index (χ4n) is 1.91. The van der Waals surface area contributed by atoms with Crippen LogP contribution in [0.3, 0.4) is 0 Å². The molecule has 0 saturated heterocycles. The van der Waals surface area contributed by atoms with Crippen molar-refractivity contribution in [1.82, 2.24) is 0 Å². The summed E-state index contributed by atoms with van der Waals surface area (Å²) < 4.78 is 1.16. The van der Waals surface area contributed by atoms with Gasteiger partial charge < -0.3 is 0 Å². The van der Waals surface area contributed by atoms with Gasteiger partial charge in [-0.1, -0.05) is 41.4 Å². The lowest BCUT2D eigenvalue weighted by molar-refractivity contribution is 0.912. The normalized spacial score (nSPS) is 12.4. The predicted molar refractivity (Wildman–Crippen MR) is 87.6 cm³/mol. The Bertz CT molecular complexity index is 552. The number of hydrogen-bond donors (Lipinski definition) is 0. The van der Waals surface area contributed by atoms with Crippen molar-refractivity contribution in [2.75, 3.05) is 0 Å². The van der Waals surface area contributed by atoms with E-state index >= 15 is 0 Å². The first kappa shape index (κ1) is 14.2. The predicted octanol–water partition coefficient (Wildman–Crippen LogP) is 5.78. The highest BCUT2D eigenvalue weighted by Crippen LogP contribution is 2.31. The van der Waals surface area contributed by atoms with Gasteiger partial charge in [0.1, 0.15) is 0 Å². The average molecular weight is 391 g/mol. The summed E-state index contributed by atoms with van der Waals surface area (Å²) in [5.74, 6) is 0. The van der Waals surface area contributed by atoms with Crippen molar-refractivity contribution in [3.63, 3.8) is 0 Å². The molecule has 0 radical (unpaired) electrons. The molecule has 2 rings (SSSR count). The summed E-state index contributed by atoms with van der Waals surface area (Å²) in [5.41, 5.74) is 3.62. The Balaban J connectivity index is 2.21. The topological polar surface area (TPSA) is 0 Å². The summed E-state index contributed by atoms with van der Waals surface area (Å²) in [6.07, 6.45) is 0.819. The van der Waals surface area contributed by atoms with Crippen LogP contribution in [0.1, 0.15) is 22.1 Å². The first-order valence-electron chi connectivity index (χ1n) is 5.71. The Morgan fingerprint density at radius 3 is 2.67 bits per heavy atom. The molecule has 2 aromatic carbocycles. The Hall–Kier alpha value is -0.250. The number of rotatable bonds is 3. The van der Waals surface area contributed by atoms with E-state index in [1.807, 2.05) is 18.2 Å². The van der Waals surface area contributed by atoms with Gasteiger partial charge in [-0.05, 0) is 65.3 Å². The minimum Gasteiger partial charge on any atom is -0.117 e. The smallest absolute Gasteiger partial charge is 0.0636 e. The minimum atomic E-state index is -0.0441. The van der Waals surface area contributed by atoms with Crippen LogP contribution in [0, 0.1) is 10.5 Å². The lowest BCUT2D eigenvalue weighted by atomic mass is 10.0. The maximum Gasteiger partial charge on any atom is 0.0636 e. The Labute approximate surface area is 131 Å². The van der Waals surface area contributed by atoms with Crippen molar-refractivity contribution in [1.29, 1.82) is 0 Å². The Morgan fingerprint density at radius 2 is 1.94 bits per heavy atom. The lowest BCUT2D eigenvalue weighted by Crippen LogP contribution is -1.98. The van der Waals surface area contributed by atoms with E-state index in [4.69, 9.17) is 23.2 Å². The van der Waals surface area contributed by atoms with Gasteiger partial charge in [0.05, 0.1) is 5.38 Å². The summed E-state index contributed by atoms with van der Waals surface area (Å²) in [4.78, 5) is 0. The van der Waals surface area contributed by atoms with E-state index in [0.717, 1.165) is 20.6 Å². The van der Waals surface area contributed by atoms with Gasteiger partial charge in [-0.15, -0.1) is 11.6 Å². The molecule has 3 heteroatoms. The Kier molecular flexibility index (Phi) is 4.93. The second-order valence-electron chi connectivity index (χ2n) is 4.33. The quantitative estimate of drug-likeness (QED) is 0.460. The van der Waals surface area contributed by atoms with Crippen LogP contribution in [0.25, 0.3) is 0 Å². The van der Waals surface area contributed by atoms with E-state index in [-0.39, 0.29) is 5.38 Å². The second-order valence-corrected chi connectivity index (χ2v) is 6.45. The van der Waals surface area contributed by atoms with Crippen molar-refractivity contribution in [2.24, 2.45) is 0 Å². The average Bonchev–Trinajstić information content (AvgIpc) is 2.32. The molecule has 0 bridgehead atoms. The van der Waals surface area contributed by atoms with Crippen molar-refractivity contribution >= 4 is 45.8 Å². The van der Waals surface area contributed by atoms with E-state index in [2.05, 4.69) is 53.8 Å². The van der Waals surface area contributed by atoms with Crippen LogP contribution in [-0.2, 0) is 6.42 Å². The number of alkyl halides is 1. The highest BCUT2D eigenvalue weighted by molar-refractivity contribution is 14.1. The summed E-state index contributed by atoms with van der Waals surface area (Å²) >= 11 is 14.8. The van der Waals surface area contributed by atoms with Crippen molar-refractivity contribution < 1.29 is 0 Å². The maximum atomic E-state index is 6.51. The summed E-state index contributed by atoms with van der Waals surface area (Å²) in [5, 5.41) is 0.692. The van der Waals surface area contributed by atoms with Gasteiger partial charge in [0.25, 0.3) is 0 Å². The lowest BCUT2D eigenvalue weighted by Gasteiger charge is -2.13. The molecule has 0 aromatic heterocycles. The SMILES string of the molecule is Cc1cccc(CC(Cl)c2cc(Cl)ccc2I)c1. The fraction of sp³-hybridized carbons (Fsp3) is 0.200.